The molecule has 0 bridgehead atoms. The number of carbonyl (C=O) groups excluding carboxylic acids is 2. The molecule has 1 aromatic heterocycles. The number of nitro benzene ring substituents is 1. The lowest BCUT2D eigenvalue weighted by Gasteiger charge is -2.18. The Hall–Kier alpha value is -4.44. The Morgan fingerprint density at radius 2 is 1.91 bits per heavy atom. The van der Waals surface area contributed by atoms with E-state index in [9.17, 15) is 24.8 Å². The molecule has 0 aliphatic carbocycles. The first-order chi connectivity index (χ1) is 16.4. The molecule has 10 heteroatoms. The molecule has 3 rings (SSSR count). The minimum atomic E-state index is -0.720. The van der Waals surface area contributed by atoms with Gasteiger partial charge in [0, 0.05) is 23.3 Å². The summed E-state index contributed by atoms with van der Waals surface area (Å²) in [6.07, 6.45) is 1.25. The van der Waals surface area contributed by atoms with E-state index >= 15 is 0 Å². The van der Waals surface area contributed by atoms with Crippen LogP contribution in [0.3, 0.4) is 0 Å². The molecule has 174 valence electrons. The number of non-ortho nitro benzene ring substituents is 1. The van der Waals surface area contributed by atoms with Crippen LogP contribution in [0, 0.1) is 17.0 Å². The van der Waals surface area contributed by atoms with E-state index in [4.69, 9.17) is 4.74 Å². The number of hydrazone groups is 1. The number of aromatic nitrogens is 1. The van der Waals surface area contributed by atoms with E-state index in [0.717, 1.165) is 0 Å². The molecule has 0 aliphatic rings. The summed E-state index contributed by atoms with van der Waals surface area (Å²) in [6.45, 7) is 2.84. The number of carbonyl (C=O) groups is 2. The van der Waals surface area contributed by atoms with Gasteiger partial charge in [-0.05, 0) is 19.4 Å². The Bertz CT molecular complexity index is 1260. The summed E-state index contributed by atoms with van der Waals surface area (Å²) in [5.41, 5.74) is 3.90. The second-order valence-corrected chi connectivity index (χ2v) is 7.06. The van der Waals surface area contributed by atoms with Crippen LogP contribution in [0.15, 0.2) is 59.7 Å². The molecule has 1 amide bonds. The number of nitro groups is 1. The quantitative estimate of drug-likeness (QED) is 0.226. The fourth-order valence-electron chi connectivity index (χ4n) is 3.41. The lowest BCUT2D eigenvalue weighted by Crippen LogP contribution is -2.24. The molecule has 0 atom stereocenters. The third-order valence-electron chi connectivity index (χ3n) is 4.83. The lowest BCUT2D eigenvalue weighted by molar-refractivity contribution is -0.384. The molecular formula is C24H22N4O6. The van der Waals surface area contributed by atoms with Crippen LogP contribution in [0.4, 0.5) is 5.69 Å². The summed E-state index contributed by atoms with van der Waals surface area (Å²) in [5.74, 6) is -1.37. The van der Waals surface area contributed by atoms with Gasteiger partial charge < -0.3 is 9.84 Å². The average Bonchev–Trinajstić information content (AvgIpc) is 2.83. The lowest BCUT2D eigenvalue weighted by atomic mass is 9.92. The van der Waals surface area contributed by atoms with E-state index in [-0.39, 0.29) is 34.7 Å². The van der Waals surface area contributed by atoms with Crippen LogP contribution >= 0.6 is 0 Å². The van der Waals surface area contributed by atoms with Gasteiger partial charge in [0.15, 0.2) is 0 Å². The number of esters is 1. The van der Waals surface area contributed by atoms with Gasteiger partial charge in [-0.1, -0.05) is 42.5 Å². The summed E-state index contributed by atoms with van der Waals surface area (Å²) in [5, 5.41) is 24.8. The van der Waals surface area contributed by atoms with Gasteiger partial charge in [-0.15, -0.1) is 0 Å². The van der Waals surface area contributed by atoms with E-state index < -0.39 is 23.4 Å². The average molecular weight is 462 g/mol. The molecule has 10 nitrogen and oxygen atoms in total. The van der Waals surface area contributed by atoms with Crippen LogP contribution in [0.5, 0.6) is 0 Å². The number of hydrogen-bond acceptors (Lipinski definition) is 8. The molecule has 2 aromatic carbocycles. The molecule has 3 aromatic rings. The van der Waals surface area contributed by atoms with Gasteiger partial charge in [-0.2, -0.15) is 5.10 Å². The highest BCUT2D eigenvalue weighted by Gasteiger charge is 2.28. The standard InChI is InChI=1S/C24H22N4O6/c1-3-34-24(31)20-15(2)26-19(14-29)22(21(20)17-9-5-4-6-10-17)23(30)27-25-13-16-8-7-11-18(12-16)28(32)33/h4-13,29H,3,14H2,1-2H3,(H,27,30)/b25-13+. The molecule has 0 fully saturated rings. The topological polar surface area (TPSA) is 144 Å². The maximum atomic E-state index is 13.2. The molecular weight excluding hydrogens is 440 g/mol. The maximum Gasteiger partial charge on any atom is 0.340 e. The fraction of sp³-hybridized carbons (Fsp3) is 0.167. The van der Waals surface area contributed by atoms with E-state index in [1.54, 1.807) is 50.2 Å². The summed E-state index contributed by atoms with van der Waals surface area (Å²) in [7, 11) is 0. The highest BCUT2D eigenvalue weighted by atomic mass is 16.6. The van der Waals surface area contributed by atoms with Gasteiger partial charge in [0.25, 0.3) is 11.6 Å². The molecule has 0 aliphatic heterocycles. The Labute approximate surface area is 195 Å². The maximum absolute atomic E-state index is 13.2. The summed E-state index contributed by atoms with van der Waals surface area (Å²) in [6, 6.07) is 14.5. The van der Waals surface area contributed by atoms with E-state index in [2.05, 4.69) is 15.5 Å². The van der Waals surface area contributed by atoms with Crippen molar-refractivity contribution in [2.45, 2.75) is 20.5 Å². The number of ether oxygens (including phenoxy) is 1. The Kier molecular flexibility index (Phi) is 7.78. The number of aliphatic hydroxyl groups is 1. The van der Waals surface area contributed by atoms with Crippen LogP contribution in [-0.2, 0) is 11.3 Å². The van der Waals surface area contributed by atoms with Crippen LogP contribution in [0.25, 0.3) is 11.1 Å². The first-order valence-electron chi connectivity index (χ1n) is 10.3. The number of nitrogens with one attached hydrogen (secondary N) is 1. The van der Waals surface area contributed by atoms with Gasteiger partial charge in [-0.25, -0.2) is 10.2 Å². The van der Waals surface area contributed by atoms with Crippen molar-refractivity contribution in [3.05, 3.63) is 92.8 Å². The molecule has 0 spiro atoms. The van der Waals surface area contributed by atoms with Crippen molar-refractivity contribution in [2.24, 2.45) is 5.10 Å². The van der Waals surface area contributed by atoms with Crippen molar-refractivity contribution in [2.75, 3.05) is 6.61 Å². The molecule has 34 heavy (non-hydrogen) atoms. The minimum Gasteiger partial charge on any atom is -0.462 e. The number of nitrogens with zero attached hydrogens (tertiary/aromatic N) is 3. The van der Waals surface area contributed by atoms with Gasteiger partial charge in [0.05, 0.1) is 46.9 Å². The predicted molar refractivity (Wildman–Crippen MR) is 124 cm³/mol. The number of rotatable bonds is 8. The van der Waals surface area contributed by atoms with Crippen molar-refractivity contribution in [1.82, 2.24) is 10.4 Å². The zero-order chi connectivity index (χ0) is 24.7. The van der Waals surface area contributed by atoms with Crippen molar-refractivity contribution in [1.29, 1.82) is 0 Å². The molecule has 2 N–H and O–H groups in total. The van der Waals surface area contributed by atoms with Crippen molar-refractivity contribution >= 4 is 23.8 Å². The second kappa shape index (κ2) is 10.9. The highest BCUT2D eigenvalue weighted by molar-refractivity contribution is 6.09. The molecule has 0 radical (unpaired) electrons. The van der Waals surface area contributed by atoms with Crippen LogP contribution in [0.2, 0.25) is 0 Å². The number of amides is 1. The van der Waals surface area contributed by atoms with Gasteiger partial charge in [0.1, 0.15) is 0 Å². The van der Waals surface area contributed by atoms with Crippen molar-refractivity contribution < 1.29 is 24.4 Å². The molecule has 0 saturated carbocycles. The van der Waals surface area contributed by atoms with Crippen LogP contribution in [0.1, 0.15) is 44.6 Å². The fourth-order valence-corrected chi connectivity index (χ4v) is 3.41. The summed E-state index contributed by atoms with van der Waals surface area (Å²) in [4.78, 5) is 40.6. The summed E-state index contributed by atoms with van der Waals surface area (Å²) < 4.78 is 5.19. The molecule has 0 saturated heterocycles. The highest BCUT2D eigenvalue weighted by Crippen LogP contribution is 2.32. The van der Waals surface area contributed by atoms with Gasteiger partial charge in [0.2, 0.25) is 0 Å². The molecule has 0 unspecified atom stereocenters. The third-order valence-corrected chi connectivity index (χ3v) is 4.83. The first-order valence-corrected chi connectivity index (χ1v) is 10.3. The van der Waals surface area contributed by atoms with Crippen LogP contribution < -0.4 is 5.43 Å². The Morgan fingerprint density at radius 1 is 1.18 bits per heavy atom. The number of hydrogen-bond donors (Lipinski definition) is 2. The summed E-state index contributed by atoms with van der Waals surface area (Å²) >= 11 is 0. The normalized spacial score (nSPS) is 10.8. The van der Waals surface area contributed by atoms with Gasteiger partial charge in [-0.3, -0.25) is 19.9 Å². The third kappa shape index (κ3) is 5.30. The van der Waals surface area contributed by atoms with E-state index in [1.807, 2.05) is 0 Å². The van der Waals surface area contributed by atoms with Crippen molar-refractivity contribution in [3.8, 4) is 11.1 Å². The van der Waals surface area contributed by atoms with Crippen molar-refractivity contribution in [3.63, 3.8) is 0 Å². The number of benzene rings is 2. The Balaban J connectivity index is 2.08. The Morgan fingerprint density at radius 3 is 2.56 bits per heavy atom. The predicted octanol–water partition coefficient (Wildman–Crippen LogP) is 3.40. The SMILES string of the molecule is CCOC(=O)c1c(C)nc(CO)c(C(=O)N/N=C/c2cccc([N+](=O)[O-])c2)c1-c1ccccc1. The minimum absolute atomic E-state index is 0.0291. The number of aryl methyl sites for hydroxylation is 1. The van der Waals surface area contributed by atoms with E-state index in [0.29, 0.717) is 16.8 Å². The zero-order valence-electron chi connectivity index (χ0n) is 18.5. The largest absolute Gasteiger partial charge is 0.462 e. The van der Waals surface area contributed by atoms with Crippen LogP contribution in [-0.4, -0.2) is 39.7 Å². The smallest absolute Gasteiger partial charge is 0.340 e. The first kappa shape index (κ1) is 24.2. The monoisotopic (exact) mass is 462 g/mol. The molecule has 1 heterocycles. The zero-order valence-corrected chi connectivity index (χ0v) is 18.5. The second-order valence-electron chi connectivity index (χ2n) is 7.06. The van der Waals surface area contributed by atoms with Gasteiger partial charge >= 0.3 is 5.97 Å². The number of pyridine rings is 1. The number of aliphatic hydroxyl groups excluding tert-OH is 1. The van der Waals surface area contributed by atoms with E-state index in [1.165, 1.54) is 24.4 Å².